The zero-order valence-electron chi connectivity index (χ0n) is 18.2. The van der Waals surface area contributed by atoms with Crippen molar-refractivity contribution in [1.29, 1.82) is 0 Å². The molecule has 4 aromatic rings. The Balaban J connectivity index is 1.76. The maximum atomic E-state index is 7.79. The fraction of sp³-hybridized carbons (Fsp3) is 0.160. The van der Waals surface area contributed by atoms with Crippen LogP contribution in [0.1, 0.15) is 20.8 Å². The topological polar surface area (TPSA) is 3.88 Å². The van der Waals surface area contributed by atoms with E-state index in [2.05, 4.69) is 55.5 Å². The van der Waals surface area contributed by atoms with Crippen LogP contribution in [0.5, 0.6) is 0 Å². The zero-order valence-corrected chi connectivity index (χ0v) is 15.2. The lowest BCUT2D eigenvalue weighted by Crippen LogP contribution is -2.31. The Hall–Kier alpha value is -2.93. The Morgan fingerprint density at radius 2 is 1.42 bits per heavy atom. The van der Waals surface area contributed by atoms with Crippen LogP contribution in [0.3, 0.4) is 0 Å². The van der Waals surface area contributed by atoms with Crippen molar-refractivity contribution in [3.63, 3.8) is 0 Å². The highest BCUT2D eigenvalue weighted by atomic mass is 14.9. The molecule has 0 unspecified atom stereocenters. The van der Waals surface area contributed by atoms with Gasteiger partial charge in [0.1, 0.15) is 7.05 Å². The summed E-state index contributed by atoms with van der Waals surface area (Å²) in [5, 5.41) is 2.58. The van der Waals surface area contributed by atoms with Crippen LogP contribution in [-0.4, -0.2) is 0 Å². The Morgan fingerprint density at radius 1 is 0.731 bits per heavy atom. The lowest BCUT2D eigenvalue weighted by Gasteiger charge is -2.11. The molecule has 0 saturated heterocycles. The summed E-state index contributed by atoms with van der Waals surface area (Å²) in [7, 11) is 1.92. The summed E-state index contributed by atoms with van der Waals surface area (Å²) in [5.74, 6) is 0. The molecule has 1 aliphatic rings. The normalized spacial score (nSPS) is 14.0. The van der Waals surface area contributed by atoms with Crippen LogP contribution in [0.2, 0.25) is 0 Å². The van der Waals surface area contributed by atoms with E-state index in [1.54, 1.807) is 6.20 Å². The first-order valence-electron chi connectivity index (χ1n) is 10.4. The molecule has 0 fully saturated rings. The van der Waals surface area contributed by atoms with Gasteiger partial charge < -0.3 is 0 Å². The third-order valence-electron chi connectivity index (χ3n) is 5.61. The van der Waals surface area contributed by atoms with Crippen molar-refractivity contribution in [2.75, 3.05) is 0 Å². The lowest BCUT2D eigenvalue weighted by atomic mass is 9.94. The largest absolute Gasteiger partial charge is 0.212 e. The van der Waals surface area contributed by atoms with Crippen molar-refractivity contribution in [3.05, 3.63) is 77.5 Å². The van der Waals surface area contributed by atoms with E-state index in [0.717, 1.165) is 16.8 Å². The minimum absolute atomic E-state index is 0.403. The third-order valence-corrected chi connectivity index (χ3v) is 5.61. The Kier molecular flexibility index (Phi) is 2.52. The van der Waals surface area contributed by atoms with Crippen LogP contribution in [-0.2, 0) is 7.05 Å². The fourth-order valence-electron chi connectivity index (χ4n) is 4.24. The summed E-state index contributed by atoms with van der Waals surface area (Å²) in [6, 6.07) is 19.5. The molecular formula is C25H22N+. The number of fused-ring (bicyclic) bond motifs is 3. The van der Waals surface area contributed by atoms with E-state index in [-0.39, 0.29) is 0 Å². The smallest absolute Gasteiger partial charge is 0.201 e. The molecule has 1 aliphatic carbocycles. The lowest BCUT2D eigenvalue weighted by molar-refractivity contribution is -0.660. The second-order valence-corrected chi connectivity index (χ2v) is 7.29. The summed E-state index contributed by atoms with van der Waals surface area (Å²) in [6.07, 6.45) is 1.75. The molecule has 0 bridgehead atoms. The molecule has 0 radical (unpaired) electrons. The minimum Gasteiger partial charge on any atom is -0.201 e. The molecule has 1 heteroatoms. The van der Waals surface area contributed by atoms with E-state index in [1.807, 2.05) is 24.6 Å². The van der Waals surface area contributed by atoms with Crippen molar-refractivity contribution < 1.29 is 8.68 Å². The zero-order chi connectivity index (χ0) is 20.5. The predicted octanol–water partition coefficient (Wildman–Crippen LogP) is 5.90. The Bertz CT molecular complexity index is 1310. The number of hydrogen-bond acceptors (Lipinski definition) is 0. The summed E-state index contributed by atoms with van der Waals surface area (Å²) < 4.78 is 25.3. The minimum atomic E-state index is -2.11. The van der Waals surface area contributed by atoms with Gasteiger partial charge in [0.05, 0.1) is 0 Å². The first-order valence-corrected chi connectivity index (χ1v) is 8.94. The van der Waals surface area contributed by atoms with Gasteiger partial charge in [-0.1, -0.05) is 36.4 Å². The highest BCUT2D eigenvalue weighted by molar-refractivity contribution is 6.15. The molecule has 1 heterocycles. The summed E-state index contributed by atoms with van der Waals surface area (Å²) >= 11 is 0. The molecule has 1 nitrogen and oxygen atoms in total. The summed E-state index contributed by atoms with van der Waals surface area (Å²) in [6.45, 7) is 1.90. The predicted molar refractivity (Wildman–Crippen MR) is 109 cm³/mol. The Labute approximate surface area is 158 Å². The van der Waals surface area contributed by atoms with Crippen LogP contribution < -0.4 is 4.57 Å². The second-order valence-electron chi connectivity index (χ2n) is 7.29. The van der Waals surface area contributed by atoms with Crippen LogP contribution in [0.25, 0.3) is 44.3 Å². The maximum absolute atomic E-state index is 7.79. The molecule has 3 aromatic carbocycles. The number of pyridine rings is 1. The Morgan fingerprint density at radius 3 is 2.12 bits per heavy atom. The van der Waals surface area contributed by atoms with Gasteiger partial charge in [-0.25, -0.2) is 4.57 Å². The number of hydrogen-bond donors (Lipinski definition) is 0. The number of rotatable bonds is 1. The SMILES string of the molecule is [2H]C([2H])([2H])c1c[n+](C)c(-c2cc3c(cc2C)-c2cccc4cccc-3c24)cc1C. The van der Waals surface area contributed by atoms with Gasteiger partial charge in [0.2, 0.25) is 5.69 Å². The molecule has 1 aromatic heterocycles. The van der Waals surface area contributed by atoms with E-state index in [9.17, 15) is 0 Å². The molecule has 5 rings (SSSR count). The van der Waals surface area contributed by atoms with E-state index in [4.69, 9.17) is 4.11 Å². The maximum Gasteiger partial charge on any atom is 0.212 e. The molecule has 26 heavy (non-hydrogen) atoms. The van der Waals surface area contributed by atoms with Gasteiger partial charge in [-0.05, 0) is 77.0 Å². The number of aromatic nitrogens is 1. The van der Waals surface area contributed by atoms with Crippen molar-refractivity contribution in [3.8, 4) is 33.5 Å². The highest BCUT2D eigenvalue weighted by Crippen LogP contribution is 2.48. The van der Waals surface area contributed by atoms with Gasteiger partial charge in [-0.15, -0.1) is 0 Å². The molecule has 126 valence electrons. The van der Waals surface area contributed by atoms with Gasteiger partial charge in [0, 0.05) is 21.3 Å². The standard InChI is InChI=1S/C25H22N/c1-15-12-24(26(4)14-17(15)3)21-13-23-20-10-6-8-18-7-5-9-19(25(18)20)22(23)11-16(21)2/h5-14H,1-4H3/q+1/i3D3. The molecule has 0 spiro atoms. The van der Waals surface area contributed by atoms with Crippen molar-refractivity contribution in [2.24, 2.45) is 7.05 Å². The van der Waals surface area contributed by atoms with Gasteiger partial charge >= 0.3 is 0 Å². The monoisotopic (exact) mass is 339 g/mol. The van der Waals surface area contributed by atoms with E-state index in [0.29, 0.717) is 5.56 Å². The molecule has 0 amide bonds. The van der Waals surface area contributed by atoms with E-state index >= 15 is 0 Å². The third kappa shape index (κ3) is 2.00. The van der Waals surface area contributed by atoms with Crippen molar-refractivity contribution in [2.45, 2.75) is 20.7 Å². The number of benzene rings is 3. The number of aryl methyl sites for hydroxylation is 4. The first-order chi connectivity index (χ1) is 13.8. The van der Waals surface area contributed by atoms with Crippen molar-refractivity contribution >= 4 is 10.8 Å². The molecular weight excluding hydrogens is 314 g/mol. The quantitative estimate of drug-likeness (QED) is 0.335. The van der Waals surface area contributed by atoms with Gasteiger partial charge in [0.15, 0.2) is 6.20 Å². The molecule has 0 aliphatic heterocycles. The second kappa shape index (κ2) is 5.28. The molecule has 0 N–H and O–H groups in total. The number of nitrogens with zero attached hydrogens (tertiary/aromatic N) is 1. The average molecular weight is 339 g/mol. The average Bonchev–Trinajstić information content (AvgIpc) is 2.97. The van der Waals surface area contributed by atoms with Crippen LogP contribution in [0, 0.1) is 20.7 Å². The fourth-order valence-corrected chi connectivity index (χ4v) is 4.24. The van der Waals surface area contributed by atoms with Crippen LogP contribution >= 0.6 is 0 Å². The summed E-state index contributed by atoms with van der Waals surface area (Å²) in [4.78, 5) is 0. The highest BCUT2D eigenvalue weighted by Gasteiger charge is 2.24. The first kappa shape index (κ1) is 12.4. The van der Waals surface area contributed by atoms with E-state index < -0.39 is 6.85 Å². The molecule has 0 atom stereocenters. The van der Waals surface area contributed by atoms with Crippen LogP contribution in [0.4, 0.5) is 0 Å². The van der Waals surface area contributed by atoms with Crippen LogP contribution in [0.15, 0.2) is 60.8 Å². The van der Waals surface area contributed by atoms with Crippen molar-refractivity contribution in [1.82, 2.24) is 0 Å². The summed E-state index contributed by atoms with van der Waals surface area (Å²) in [5.41, 5.74) is 9.63. The van der Waals surface area contributed by atoms with Gasteiger partial charge in [-0.3, -0.25) is 0 Å². The van der Waals surface area contributed by atoms with Gasteiger partial charge in [-0.2, -0.15) is 0 Å². The molecule has 0 saturated carbocycles. The van der Waals surface area contributed by atoms with Gasteiger partial charge in [0.25, 0.3) is 0 Å². The van der Waals surface area contributed by atoms with E-state index in [1.165, 1.54) is 38.6 Å².